The maximum atomic E-state index is 8.73. The molecule has 5 aromatic carbocycles. The van der Waals surface area contributed by atoms with Gasteiger partial charge >= 0.3 is 117 Å². The minimum atomic E-state index is -2.08. The van der Waals surface area contributed by atoms with Crippen molar-refractivity contribution in [1.82, 2.24) is 9.97 Å². The van der Waals surface area contributed by atoms with Gasteiger partial charge in [-0.3, -0.25) is 0 Å². The van der Waals surface area contributed by atoms with Crippen molar-refractivity contribution in [2.45, 2.75) is 37.4 Å². The first-order valence-corrected chi connectivity index (χ1v) is 24.0. The topological polar surface area (TPSA) is 38.9 Å². The molecule has 3 aromatic heterocycles. The molecule has 51 heavy (non-hydrogen) atoms. The summed E-state index contributed by atoms with van der Waals surface area (Å²) in [5, 5.41) is 2.02. The molecule has 0 fully saturated rings. The van der Waals surface area contributed by atoms with Gasteiger partial charge in [0, 0.05) is 34.4 Å². The van der Waals surface area contributed by atoms with Gasteiger partial charge in [0.25, 0.3) is 0 Å². The maximum Gasteiger partial charge on any atom is 0.121 e. The molecule has 0 spiro atoms. The Hall–Kier alpha value is -4.61. The molecule has 8 rings (SSSR count). The summed E-state index contributed by atoms with van der Waals surface area (Å²) in [7, 11) is 0. The van der Waals surface area contributed by atoms with Crippen LogP contribution in [0.2, 0.25) is 17.3 Å². The van der Waals surface area contributed by atoms with Crippen molar-refractivity contribution in [2.75, 3.05) is 0 Å². The number of aryl methyl sites for hydroxylation is 2. The molecule has 0 bridgehead atoms. The van der Waals surface area contributed by atoms with Crippen LogP contribution in [-0.2, 0) is 26.5 Å². The molecule has 3 nitrogen and oxygen atoms in total. The Labute approximate surface area is 324 Å². The third kappa shape index (κ3) is 8.31. The zero-order valence-corrected chi connectivity index (χ0v) is 33.4. The van der Waals surface area contributed by atoms with Crippen molar-refractivity contribution in [1.29, 1.82) is 0 Å². The van der Waals surface area contributed by atoms with Crippen LogP contribution in [0.3, 0.4) is 0 Å². The predicted octanol–water partition coefficient (Wildman–Crippen LogP) is 11.4. The fraction of sp³-hybridized carbons (Fsp3) is 0.130. The van der Waals surface area contributed by atoms with Crippen LogP contribution in [-0.4, -0.2) is 23.2 Å². The second-order valence-corrected chi connectivity index (χ2v) is 23.9. The molecule has 0 N–H and O–H groups in total. The van der Waals surface area contributed by atoms with E-state index in [1.54, 1.807) is 42.6 Å². The number of hydrogen-bond donors (Lipinski definition) is 0. The first-order chi connectivity index (χ1) is 26.2. The van der Waals surface area contributed by atoms with Crippen LogP contribution in [0.1, 0.15) is 29.1 Å². The fourth-order valence-corrected chi connectivity index (χ4v) is 9.73. The van der Waals surface area contributed by atoms with Gasteiger partial charge in [0.15, 0.2) is 0 Å². The number of nitrogens with zero attached hydrogens (tertiary/aromatic N) is 2. The quantitative estimate of drug-likeness (QED) is 0.123. The SMILES string of the molecule is [2H]C([2H])([2H])c1c[c-]c(-c2cc(C)[c]([Ge]([CH3])([CH3])[CH3])cn2)cc1.[2H]C([2H])(c1ccccc1)c1ccnc(-c2[c-]ccc3c2oc2cc(-c4ccccc4)ccc23)c1.[Ir]. The molecule has 0 saturated heterocycles. The van der Waals surface area contributed by atoms with Crippen molar-refractivity contribution in [2.24, 2.45) is 0 Å². The molecule has 5 heteroatoms. The minimum absolute atomic E-state index is 0. The van der Waals surface area contributed by atoms with Gasteiger partial charge < -0.3 is 9.40 Å². The molecule has 3 heterocycles. The zero-order chi connectivity index (χ0) is 39.0. The molecule has 0 saturated carbocycles. The average Bonchev–Trinajstić information content (AvgIpc) is 3.56. The van der Waals surface area contributed by atoms with E-state index in [0.29, 0.717) is 28.0 Å². The van der Waals surface area contributed by atoms with Gasteiger partial charge in [-0.05, 0) is 46.5 Å². The number of aromatic nitrogens is 2. The van der Waals surface area contributed by atoms with E-state index >= 15 is 0 Å². The predicted molar refractivity (Wildman–Crippen MR) is 211 cm³/mol. The van der Waals surface area contributed by atoms with Gasteiger partial charge in [-0.15, -0.1) is 18.2 Å². The van der Waals surface area contributed by atoms with E-state index in [1.807, 2.05) is 54.7 Å². The monoisotopic (exact) mass is 908 g/mol. The molecule has 0 unspecified atom stereocenters. The summed E-state index contributed by atoms with van der Waals surface area (Å²) >= 11 is -1.89. The van der Waals surface area contributed by atoms with Crippen molar-refractivity contribution in [3.05, 3.63) is 174 Å². The number of pyridine rings is 2. The van der Waals surface area contributed by atoms with Gasteiger partial charge in [-0.1, -0.05) is 89.8 Å². The van der Waals surface area contributed by atoms with E-state index in [1.165, 1.54) is 16.0 Å². The number of benzene rings is 5. The van der Waals surface area contributed by atoms with Crippen molar-refractivity contribution < 1.29 is 31.4 Å². The Bertz CT molecular complexity index is 2600. The molecule has 255 valence electrons. The van der Waals surface area contributed by atoms with Crippen LogP contribution in [0.15, 0.2) is 144 Å². The summed E-state index contributed by atoms with van der Waals surface area (Å²) < 4.78 is 47.4. The summed E-state index contributed by atoms with van der Waals surface area (Å²) in [5.74, 6) is 7.04. The average molecular weight is 907 g/mol. The summed E-state index contributed by atoms with van der Waals surface area (Å²) in [4.78, 5) is 9.09. The van der Waals surface area contributed by atoms with E-state index in [9.17, 15) is 0 Å². The molecular formula is C46H40GeIrN2O-2. The Balaban J connectivity index is 0.000000209. The fourth-order valence-electron chi connectivity index (χ4n) is 6.15. The van der Waals surface area contributed by atoms with Gasteiger partial charge in [0.05, 0.1) is 5.58 Å². The van der Waals surface area contributed by atoms with Crippen LogP contribution < -0.4 is 4.40 Å². The van der Waals surface area contributed by atoms with Gasteiger partial charge in [-0.2, -0.15) is 0 Å². The van der Waals surface area contributed by atoms with Gasteiger partial charge in [0.2, 0.25) is 0 Å². The normalized spacial score (nSPS) is 13.1. The second-order valence-electron chi connectivity index (χ2n) is 13.3. The first kappa shape index (κ1) is 30.1. The van der Waals surface area contributed by atoms with Crippen molar-refractivity contribution in [3.8, 4) is 33.6 Å². The molecule has 0 atom stereocenters. The summed E-state index contributed by atoms with van der Waals surface area (Å²) in [6.07, 6.45) is 1.98. The summed E-state index contributed by atoms with van der Waals surface area (Å²) in [5.41, 5.74) is 9.47. The zero-order valence-electron chi connectivity index (χ0n) is 33.9. The Morgan fingerprint density at radius 1 is 0.745 bits per heavy atom. The van der Waals surface area contributed by atoms with Crippen LogP contribution >= 0.6 is 0 Å². The summed E-state index contributed by atoms with van der Waals surface area (Å²) in [6.45, 7) is 0.0375. The van der Waals surface area contributed by atoms with Crippen LogP contribution in [0, 0.1) is 25.9 Å². The maximum absolute atomic E-state index is 8.73. The second kappa shape index (κ2) is 15.7. The third-order valence-corrected chi connectivity index (χ3v) is 13.1. The van der Waals surface area contributed by atoms with Crippen LogP contribution in [0.25, 0.3) is 55.6 Å². The molecule has 0 amide bonds. The number of fused-ring (bicyclic) bond motifs is 3. The third-order valence-electron chi connectivity index (χ3n) is 8.63. The van der Waals surface area contributed by atoms with E-state index in [4.69, 9.17) is 11.3 Å². The smallest absolute Gasteiger partial charge is 0.121 e. The Kier molecular flexibility index (Phi) is 9.28. The van der Waals surface area contributed by atoms with Gasteiger partial charge in [-0.25, -0.2) is 0 Å². The van der Waals surface area contributed by atoms with Gasteiger partial charge in [0.1, 0.15) is 5.58 Å². The van der Waals surface area contributed by atoms with E-state index in [-0.39, 0.29) is 20.1 Å². The first-order valence-electron chi connectivity index (χ1n) is 19.1. The number of rotatable bonds is 6. The molecule has 1 radical (unpaired) electrons. The van der Waals surface area contributed by atoms with Crippen LogP contribution in [0.4, 0.5) is 0 Å². The largest absolute Gasteiger partial charge is 0.501 e. The molecule has 8 aromatic rings. The van der Waals surface area contributed by atoms with Crippen LogP contribution in [0.5, 0.6) is 0 Å². The molecular weight excluding hydrogens is 861 g/mol. The molecule has 0 aliphatic heterocycles. The number of furan rings is 1. The summed E-state index contributed by atoms with van der Waals surface area (Å²) in [6, 6.07) is 46.4. The minimum Gasteiger partial charge on any atom is -0.501 e. The van der Waals surface area contributed by atoms with Crippen molar-refractivity contribution >= 4 is 39.6 Å². The van der Waals surface area contributed by atoms with Crippen molar-refractivity contribution in [3.63, 3.8) is 0 Å². The number of hydrogen-bond acceptors (Lipinski definition) is 3. The molecule has 0 aliphatic carbocycles. The standard InChI is InChI=1S/C30H20NO.C16H20GeN.Ir/c1-3-8-21(9-4-1)18-22-16-17-31-28(19-22)27-13-7-12-26-25-15-14-24(20-29(25)32-30(26)27)23-10-5-2-6-11-23;1-12-6-8-14(9-7-12)16-10-13(2)15(11-18-16)17(3,4)5;/h1-12,14-17,19-20H,18H2;6-8,10-11H,1-5H3;/q2*-1;/i18D2;1D3;. The Morgan fingerprint density at radius 3 is 2.24 bits per heavy atom. The van der Waals surface area contributed by atoms with E-state index < -0.39 is 26.5 Å². The van der Waals surface area contributed by atoms with E-state index in [2.05, 4.69) is 82.7 Å². The molecule has 0 aliphatic rings. The Morgan fingerprint density at radius 2 is 1.53 bits per heavy atom. The van der Waals surface area contributed by atoms with E-state index in [0.717, 1.165) is 44.3 Å².